The van der Waals surface area contributed by atoms with E-state index in [-0.39, 0.29) is 5.97 Å². The van der Waals surface area contributed by atoms with Crippen molar-refractivity contribution in [3.8, 4) is 0 Å². The number of ether oxygens (including phenoxy) is 1. The van der Waals surface area contributed by atoms with Gasteiger partial charge in [-0.15, -0.1) is 0 Å². The van der Waals surface area contributed by atoms with Gasteiger partial charge in [0.15, 0.2) is 0 Å². The van der Waals surface area contributed by atoms with Gasteiger partial charge in [0.2, 0.25) is 0 Å². The molecule has 0 aromatic heterocycles. The second-order valence-corrected chi connectivity index (χ2v) is 5.68. The summed E-state index contributed by atoms with van der Waals surface area (Å²) in [7, 11) is 0. The number of allylic oxidation sites excluding steroid dienone is 1. The lowest BCUT2D eigenvalue weighted by molar-refractivity contribution is -0.155. The summed E-state index contributed by atoms with van der Waals surface area (Å²) in [6, 6.07) is 0. The maximum Gasteiger partial charge on any atom is 0.333 e. The molecule has 0 radical (unpaired) electrons. The first-order valence-corrected chi connectivity index (χ1v) is 6.31. The number of rotatable bonds is 3. The Morgan fingerprint density at radius 3 is 2.53 bits per heavy atom. The SMILES string of the molecule is C=C(C)C(=O)OC(C)(C)C1CCCC(C)=C1C. The maximum atomic E-state index is 11.7. The number of hydrogen-bond donors (Lipinski definition) is 0. The second kappa shape index (κ2) is 5.07. The van der Waals surface area contributed by atoms with Crippen LogP contribution in [0.1, 0.15) is 53.9 Å². The fourth-order valence-electron chi connectivity index (χ4n) is 2.55. The predicted octanol–water partition coefficient (Wildman–Crippen LogP) is 4.02. The van der Waals surface area contributed by atoms with E-state index in [9.17, 15) is 4.79 Å². The van der Waals surface area contributed by atoms with Crippen molar-refractivity contribution in [2.45, 2.75) is 59.5 Å². The number of esters is 1. The lowest BCUT2D eigenvalue weighted by Gasteiger charge is -2.38. The van der Waals surface area contributed by atoms with Crippen LogP contribution in [0.2, 0.25) is 0 Å². The average molecular weight is 236 g/mol. The summed E-state index contributed by atoms with van der Waals surface area (Å²) >= 11 is 0. The van der Waals surface area contributed by atoms with Crippen molar-refractivity contribution >= 4 is 5.97 Å². The van der Waals surface area contributed by atoms with Crippen molar-refractivity contribution < 1.29 is 9.53 Å². The quantitative estimate of drug-likeness (QED) is 0.420. The highest BCUT2D eigenvalue weighted by Gasteiger charge is 2.36. The van der Waals surface area contributed by atoms with Gasteiger partial charge in [0.1, 0.15) is 5.60 Å². The van der Waals surface area contributed by atoms with Gasteiger partial charge in [-0.3, -0.25) is 0 Å². The van der Waals surface area contributed by atoms with Crippen molar-refractivity contribution in [1.82, 2.24) is 0 Å². The van der Waals surface area contributed by atoms with Gasteiger partial charge in [-0.2, -0.15) is 0 Å². The molecular formula is C15H24O2. The first kappa shape index (κ1) is 14.0. The molecule has 96 valence electrons. The van der Waals surface area contributed by atoms with Crippen molar-refractivity contribution in [2.24, 2.45) is 5.92 Å². The standard InChI is InChI=1S/C15H24O2/c1-10(2)14(16)17-15(5,6)13-9-7-8-11(3)12(13)4/h13H,1,7-9H2,2-6H3. The highest BCUT2D eigenvalue weighted by atomic mass is 16.6. The summed E-state index contributed by atoms with van der Waals surface area (Å²) in [6.45, 7) is 13.7. The Hall–Kier alpha value is -1.05. The predicted molar refractivity (Wildman–Crippen MR) is 70.7 cm³/mol. The van der Waals surface area contributed by atoms with E-state index in [1.807, 2.05) is 13.8 Å². The zero-order valence-corrected chi connectivity index (χ0v) is 11.7. The van der Waals surface area contributed by atoms with Crippen LogP contribution < -0.4 is 0 Å². The van der Waals surface area contributed by atoms with Crippen molar-refractivity contribution in [2.75, 3.05) is 0 Å². The Morgan fingerprint density at radius 2 is 2.00 bits per heavy atom. The van der Waals surface area contributed by atoms with Gasteiger partial charge in [-0.05, 0) is 53.9 Å². The number of carbonyl (C=O) groups excluding carboxylic acids is 1. The van der Waals surface area contributed by atoms with E-state index in [0.717, 1.165) is 6.42 Å². The molecular weight excluding hydrogens is 212 g/mol. The molecule has 0 aromatic rings. The molecule has 0 bridgehead atoms. The molecule has 0 aromatic carbocycles. The third-order valence-electron chi connectivity index (χ3n) is 3.78. The van der Waals surface area contributed by atoms with E-state index in [1.54, 1.807) is 6.92 Å². The molecule has 1 unspecified atom stereocenters. The lowest BCUT2D eigenvalue weighted by Crippen LogP contribution is -2.39. The van der Waals surface area contributed by atoms with E-state index in [0.29, 0.717) is 11.5 Å². The van der Waals surface area contributed by atoms with Gasteiger partial charge in [-0.1, -0.05) is 17.7 Å². The summed E-state index contributed by atoms with van der Waals surface area (Å²) in [4.78, 5) is 11.7. The van der Waals surface area contributed by atoms with E-state index in [2.05, 4.69) is 20.4 Å². The average Bonchev–Trinajstić information content (AvgIpc) is 2.21. The van der Waals surface area contributed by atoms with E-state index >= 15 is 0 Å². The molecule has 0 fully saturated rings. The Balaban J connectivity index is 2.86. The Morgan fingerprint density at radius 1 is 1.41 bits per heavy atom. The van der Waals surface area contributed by atoms with Crippen LogP contribution in [-0.4, -0.2) is 11.6 Å². The van der Waals surface area contributed by atoms with Crippen LogP contribution in [0.4, 0.5) is 0 Å². The first-order chi connectivity index (χ1) is 7.75. The monoisotopic (exact) mass is 236 g/mol. The van der Waals surface area contributed by atoms with E-state index in [4.69, 9.17) is 4.74 Å². The third kappa shape index (κ3) is 3.21. The molecule has 0 N–H and O–H groups in total. The van der Waals surface area contributed by atoms with Crippen LogP contribution in [0, 0.1) is 5.92 Å². The van der Waals surface area contributed by atoms with Crippen molar-refractivity contribution in [3.05, 3.63) is 23.3 Å². The van der Waals surface area contributed by atoms with Gasteiger partial charge >= 0.3 is 5.97 Å². The van der Waals surface area contributed by atoms with Gasteiger partial charge in [-0.25, -0.2) is 4.79 Å². The smallest absolute Gasteiger partial charge is 0.333 e. The van der Waals surface area contributed by atoms with Crippen molar-refractivity contribution in [1.29, 1.82) is 0 Å². The van der Waals surface area contributed by atoms with Crippen LogP contribution in [-0.2, 0) is 9.53 Å². The van der Waals surface area contributed by atoms with Crippen LogP contribution in [0.5, 0.6) is 0 Å². The topological polar surface area (TPSA) is 26.3 Å². The van der Waals surface area contributed by atoms with E-state index in [1.165, 1.54) is 24.0 Å². The first-order valence-electron chi connectivity index (χ1n) is 6.31. The van der Waals surface area contributed by atoms with Gasteiger partial charge in [0.25, 0.3) is 0 Å². The van der Waals surface area contributed by atoms with Crippen LogP contribution in [0.25, 0.3) is 0 Å². The second-order valence-electron chi connectivity index (χ2n) is 5.68. The minimum Gasteiger partial charge on any atom is -0.456 e. The Labute approximate surface area is 105 Å². The number of hydrogen-bond acceptors (Lipinski definition) is 2. The molecule has 0 spiro atoms. The summed E-state index contributed by atoms with van der Waals surface area (Å²) in [5.74, 6) is 0.0468. The van der Waals surface area contributed by atoms with Crippen LogP contribution in [0.3, 0.4) is 0 Å². The van der Waals surface area contributed by atoms with Crippen molar-refractivity contribution in [3.63, 3.8) is 0 Å². The molecule has 1 aliphatic carbocycles. The summed E-state index contributed by atoms with van der Waals surface area (Å²) in [6.07, 6.45) is 3.45. The van der Waals surface area contributed by atoms with Gasteiger partial charge in [0, 0.05) is 11.5 Å². The molecule has 0 saturated heterocycles. The summed E-state index contributed by atoms with van der Waals surface area (Å²) in [5.41, 5.74) is 2.85. The van der Waals surface area contributed by atoms with Crippen LogP contribution in [0.15, 0.2) is 23.3 Å². The minimum atomic E-state index is -0.443. The molecule has 17 heavy (non-hydrogen) atoms. The van der Waals surface area contributed by atoms with Gasteiger partial charge < -0.3 is 4.74 Å². The Bertz CT molecular complexity index is 361. The van der Waals surface area contributed by atoms with Crippen LogP contribution >= 0.6 is 0 Å². The summed E-state index contributed by atoms with van der Waals surface area (Å²) in [5, 5.41) is 0. The molecule has 2 nitrogen and oxygen atoms in total. The molecule has 2 heteroatoms. The fraction of sp³-hybridized carbons (Fsp3) is 0.667. The largest absolute Gasteiger partial charge is 0.456 e. The Kier molecular flexibility index (Phi) is 4.18. The third-order valence-corrected chi connectivity index (χ3v) is 3.78. The number of carbonyl (C=O) groups is 1. The molecule has 1 rings (SSSR count). The molecule has 0 saturated carbocycles. The summed E-state index contributed by atoms with van der Waals surface area (Å²) < 4.78 is 5.58. The normalized spacial score (nSPS) is 21.4. The lowest BCUT2D eigenvalue weighted by atomic mass is 9.75. The maximum absolute atomic E-state index is 11.7. The highest BCUT2D eigenvalue weighted by Crippen LogP contribution is 2.38. The molecule has 0 aliphatic heterocycles. The molecule has 0 amide bonds. The van der Waals surface area contributed by atoms with Gasteiger partial charge in [0.05, 0.1) is 0 Å². The highest BCUT2D eigenvalue weighted by molar-refractivity contribution is 5.87. The minimum absolute atomic E-state index is 0.286. The molecule has 1 atom stereocenters. The zero-order chi connectivity index (χ0) is 13.2. The molecule has 0 heterocycles. The molecule has 1 aliphatic rings. The zero-order valence-electron chi connectivity index (χ0n) is 11.7. The van der Waals surface area contributed by atoms with E-state index < -0.39 is 5.60 Å². The fourth-order valence-corrected chi connectivity index (χ4v) is 2.55.